The van der Waals surface area contributed by atoms with Crippen molar-refractivity contribution >= 4 is 27.5 Å². The maximum Gasteiger partial charge on any atom is 0.252 e. The lowest BCUT2D eigenvalue weighted by molar-refractivity contribution is -0.117. The molecule has 0 saturated carbocycles. The van der Waals surface area contributed by atoms with E-state index in [1.54, 1.807) is 11.3 Å². The van der Waals surface area contributed by atoms with E-state index in [0.29, 0.717) is 6.42 Å². The third kappa shape index (κ3) is 3.82. The number of benzene rings is 2. The normalized spacial score (nSPS) is 12.0. The Morgan fingerprint density at radius 3 is 2.67 bits per heavy atom. The van der Waals surface area contributed by atoms with Crippen LogP contribution in [0.5, 0.6) is 0 Å². The van der Waals surface area contributed by atoms with E-state index in [1.807, 2.05) is 41.9 Å². The summed E-state index contributed by atoms with van der Waals surface area (Å²) in [4.78, 5) is 17.3. The molecule has 1 amide bonds. The van der Waals surface area contributed by atoms with Crippen LogP contribution in [0.2, 0.25) is 0 Å². The average molecular weight is 338 g/mol. The Morgan fingerprint density at radius 1 is 1.12 bits per heavy atom. The van der Waals surface area contributed by atoms with Crippen LogP contribution in [0.4, 0.5) is 0 Å². The molecule has 24 heavy (non-hydrogen) atoms. The molecule has 1 heterocycles. The van der Waals surface area contributed by atoms with Gasteiger partial charge < -0.3 is 4.57 Å². The molecule has 1 aromatic heterocycles. The standard InChI is InChI=1S/C20H22N2OS/c1-3-4-8-16-11-12-17-18(13-16)24-20(22(17)2)21-19(23)14-15-9-6-5-7-10-15/h5-7,9-13H,3-4,8,14H2,1-2H3. The van der Waals surface area contributed by atoms with Crippen molar-refractivity contribution in [1.29, 1.82) is 0 Å². The van der Waals surface area contributed by atoms with Crippen LogP contribution in [0, 0.1) is 0 Å². The fourth-order valence-corrected chi connectivity index (χ4v) is 3.84. The molecule has 0 aliphatic heterocycles. The van der Waals surface area contributed by atoms with Crippen molar-refractivity contribution in [2.75, 3.05) is 0 Å². The first-order valence-electron chi connectivity index (χ1n) is 8.37. The smallest absolute Gasteiger partial charge is 0.252 e. The van der Waals surface area contributed by atoms with Gasteiger partial charge in [0.25, 0.3) is 5.91 Å². The molecule has 0 fully saturated rings. The Bertz CT molecular complexity index is 906. The van der Waals surface area contributed by atoms with Gasteiger partial charge in [0.2, 0.25) is 0 Å². The van der Waals surface area contributed by atoms with Crippen molar-refractivity contribution in [2.45, 2.75) is 32.6 Å². The van der Waals surface area contributed by atoms with Gasteiger partial charge in [0, 0.05) is 7.05 Å². The van der Waals surface area contributed by atoms with Crippen molar-refractivity contribution in [3.8, 4) is 0 Å². The van der Waals surface area contributed by atoms with Crippen LogP contribution in [0.1, 0.15) is 30.9 Å². The molecular formula is C20H22N2OS. The highest BCUT2D eigenvalue weighted by Crippen LogP contribution is 2.19. The van der Waals surface area contributed by atoms with E-state index in [1.165, 1.54) is 23.1 Å². The van der Waals surface area contributed by atoms with Crippen molar-refractivity contribution in [3.05, 3.63) is 64.5 Å². The van der Waals surface area contributed by atoms with Crippen molar-refractivity contribution < 1.29 is 4.79 Å². The molecule has 4 heteroatoms. The Balaban J connectivity index is 1.88. The second-order valence-electron chi connectivity index (χ2n) is 6.02. The summed E-state index contributed by atoms with van der Waals surface area (Å²) in [6.45, 7) is 2.21. The summed E-state index contributed by atoms with van der Waals surface area (Å²) >= 11 is 1.59. The fourth-order valence-electron chi connectivity index (χ4n) is 2.74. The highest BCUT2D eigenvalue weighted by molar-refractivity contribution is 7.16. The van der Waals surface area contributed by atoms with E-state index in [-0.39, 0.29) is 5.91 Å². The second-order valence-corrected chi connectivity index (χ2v) is 7.03. The monoisotopic (exact) mass is 338 g/mol. The Labute approximate surface area is 146 Å². The molecular weight excluding hydrogens is 316 g/mol. The maximum atomic E-state index is 12.2. The lowest BCUT2D eigenvalue weighted by Crippen LogP contribution is -2.14. The minimum atomic E-state index is -0.102. The average Bonchev–Trinajstić information content (AvgIpc) is 2.89. The molecule has 0 aliphatic rings. The molecule has 0 saturated heterocycles. The summed E-state index contributed by atoms with van der Waals surface area (Å²) in [6, 6.07) is 16.3. The minimum Gasteiger partial charge on any atom is -0.319 e. The lowest BCUT2D eigenvalue weighted by atomic mass is 10.1. The van der Waals surface area contributed by atoms with Gasteiger partial charge >= 0.3 is 0 Å². The number of fused-ring (bicyclic) bond motifs is 1. The number of aryl methyl sites for hydroxylation is 2. The summed E-state index contributed by atoms with van der Waals surface area (Å²) in [5, 5.41) is 0. The van der Waals surface area contributed by atoms with Crippen LogP contribution in [-0.4, -0.2) is 10.5 Å². The Morgan fingerprint density at radius 2 is 1.92 bits per heavy atom. The number of nitrogens with zero attached hydrogens (tertiary/aromatic N) is 2. The van der Waals surface area contributed by atoms with E-state index in [9.17, 15) is 4.79 Å². The lowest BCUT2D eigenvalue weighted by Gasteiger charge is -2.00. The Hall–Kier alpha value is -2.20. The van der Waals surface area contributed by atoms with Crippen LogP contribution in [0.25, 0.3) is 10.2 Å². The van der Waals surface area contributed by atoms with Gasteiger partial charge in [-0.2, -0.15) is 4.99 Å². The molecule has 3 aromatic rings. The SMILES string of the molecule is CCCCc1ccc2c(c1)sc(=NC(=O)Cc1ccccc1)n2C. The zero-order valence-electron chi connectivity index (χ0n) is 14.2. The number of carbonyl (C=O) groups is 1. The van der Waals surface area contributed by atoms with E-state index in [2.05, 4.69) is 30.1 Å². The van der Waals surface area contributed by atoms with Gasteiger partial charge in [-0.15, -0.1) is 0 Å². The first kappa shape index (κ1) is 16.7. The van der Waals surface area contributed by atoms with Crippen LogP contribution in [-0.2, 0) is 24.7 Å². The predicted octanol–water partition coefficient (Wildman–Crippen LogP) is 4.25. The zero-order valence-corrected chi connectivity index (χ0v) is 15.0. The number of unbranched alkanes of at least 4 members (excludes halogenated alkanes) is 1. The van der Waals surface area contributed by atoms with Crippen molar-refractivity contribution in [3.63, 3.8) is 0 Å². The molecule has 0 spiro atoms. The molecule has 3 rings (SSSR count). The maximum absolute atomic E-state index is 12.2. The van der Waals surface area contributed by atoms with E-state index in [4.69, 9.17) is 0 Å². The number of hydrogen-bond donors (Lipinski definition) is 0. The van der Waals surface area contributed by atoms with Crippen LogP contribution in [0.15, 0.2) is 53.5 Å². The number of thiazole rings is 1. The largest absolute Gasteiger partial charge is 0.319 e. The number of aromatic nitrogens is 1. The zero-order chi connectivity index (χ0) is 16.9. The van der Waals surface area contributed by atoms with Gasteiger partial charge in [-0.1, -0.05) is 61.1 Å². The molecule has 0 aliphatic carbocycles. The summed E-state index contributed by atoms with van der Waals surface area (Å²) in [5.74, 6) is -0.102. The van der Waals surface area contributed by atoms with E-state index >= 15 is 0 Å². The van der Waals surface area contributed by atoms with Gasteiger partial charge in [0.1, 0.15) is 0 Å². The molecule has 3 nitrogen and oxygen atoms in total. The highest BCUT2D eigenvalue weighted by Gasteiger charge is 2.07. The number of carbonyl (C=O) groups excluding carboxylic acids is 1. The third-order valence-corrected chi connectivity index (χ3v) is 5.21. The topological polar surface area (TPSA) is 34.4 Å². The minimum absolute atomic E-state index is 0.102. The van der Waals surface area contributed by atoms with E-state index in [0.717, 1.165) is 22.3 Å². The van der Waals surface area contributed by atoms with Crippen molar-refractivity contribution in [2.24, 2.45) is 12.0 Å². The first-order chi connectivity index (χ1) is 11.7. The first-order valence-corrected chi connectivity index (χ1v) is 9.19. The number of hydrogen-bond acceptors (Lipinski definition) is 2. The molecule has 2 aromatic carbocycles. The second kappa shape index (κ2) is 7.58. The van der Waals surface area contributed by atoms with Gasteiger partial charge in [-0.3, -0.25) is 4.79 Å². The summed E-state index contributed by atoms with van der Waals surface area (Å²) in [5.41, 5.74) is 3.48. The molecule has 0 radical (unpaired) electrons. The molecule has 0 bridgehead atoms. The summed E-state index contributed by atoms with van der Waals surface area (Å²) in [6.07, 6.45) is 3.85. The van der Waals surface area contributed by atoms with Crippen LogP contribution < -0.4 is 4.80 Å². The molecule has 0 unspecified atom stereocenters. The van der Waals surface area contributed by atoms with Crippen LogP contribution in [0.3, 0.4) is 0 Å². The molecule has 124 valence electrons. The summed E-state index contributed by atoms with van der Waals surface area (Å²) in [7, 11) is 1.97. The van der Waals surface area contributed by atoms with Crippen LogP contribution >= 0.6 is 11.3 Å². The van der Waals surface area contributed by atoms with Gasteiger partial charge in [-0.05, 0) is 36.1 Å². The van der Waals surface area contributed by atoms with Gasteiger partial charge in [-0.25, -0.2) is 0 Å². The van der Waals surface area contributed by atoms with E-state index < -0.39 is 0 Å². The van der Waals surface area contributed by atoms with Crippen molar-refractivity contribution in [1.82, 2.24) is 4.57 Å². The molecule has 0 N–H and O–H groups in total. The quantitative estimate of drug-likeness (QED) is 0.685. The fraction of sp³-hybridized carbons (Fsp3) is 0.300. The molecule has 0 atom stereocenters. The van der Waals surface area contributed by atoms with Gasteiger partial charge in [0.05, 0.1) is 16.6 Å². The Kier molecular flexibility index (Phi) is 5.26. The van der Waals surface area contributed by atoms with Gasteiger partial charge in [0.15, 0.2) is 4.80 Å². The third-order valence-electron chi connectivity index (χ3n) is 4.11. The number of rotatable bonds is 5. The summed E-state index contributed by atoms with van der Waals surface area (Å²) < 4.78 is 3.20. The highest BCUT2D eigenvalue weighted by atomic mass is 32.1. The predicted molar refractivity (Wildman–Crippen MR) is 100 cm³/mol. The number of amides is 1.